The highest BCUT2D eigenvalue weighted by molar-refractivity contribution is 8.01. The summed E-state index contributed by atoms with van der Waals surface area (Å²) in [6.07, 6.45) is 2.37. The van der Waals surface area contributed by atoms with E-state index in [9.17, 15) is 4.79 Å². The highest BCUT2D eigenvalue weighted by Gasteiger charge is 2.10. The minimum Gasteiger partial charge on any atom is -0.469 e. The Bertz CT molecular complexity index is 465. The van der Waals surface area contributed by atoms with E-state index in [0.717, 1.165) is 12.2 Å². The number of thioether (sulfide) groups is 1. The Morgan fingerprint density at radius 3 is 3.06 bits per heavy atom. The maximum atomic E-state index is 11.7. The summed E-state index contributed by atoms with van der Waals surface area (Å²) < 4.78 is 6.42. The number of carbonyl (C=O) groups is 1. The zero-order chi connectivity index (χ0) is 12.8. The zero-order valence-corrected chi connectivity index (χ0v) is 11.7. The van der Waals surface area contributed by atoms with E-state index in [1.807, 2.05) is 36.6 Å². The van der Waals surface area contributed by atoms with E-state index in [0.29, 0.717) is 5.75 Å². The average Bonchev–Trinajstić information content (AvgIpc) is 2.98. The molecule has 0 aliphatic heterocycles. The summed E-state index contributed by atoms with van der Waals surface area (Å²) in [6.45, 7) is 1.98. The van der Waals surface area contributed by atoms with Crippen LogP contribution in [0.2, 0.25) is 0 Å². The molecular weight excluding hydrogens is 266 g/mol. The SMILES string of the molecule is C[C@H](Cc1ccco1)NC(=O)CSc1cccs1. The Morgan fingerprint density at radius 2 is 2.39 bits per heavy atom. The lowest BCUT2D eigenvalue weighted by Gasteiger charge is -2.11. The Morgan fingerprint density at radius 1 is 1.50 bits per heavy atom. The molecule has 2 heterocycles. The fourth-order valence-electron chi connectivity index (χ4n) is 1.58. The third kappa shape index (κ3) is 4.23. The van der Waals surface area contributed by atoms with Gasteiger partial charge in [-0.25, -0.2) is 0 Å². The van der Waals surface area contributed by atoms with Crippen molar-refractivity contribution in [3.05, 3.63) is 41.7 Å². The maximum Gasteiger partial charge on any atom is 0.230 e. The highest BCUT2D eigenvalue weighted by atomic mass is 32.2. The Hall–Kier alpha value is -1.20. The molecule has 5 heteroatoms. The molecule has 0 radical (unpaired) electrons. The van der Waals surface area contributed by atoms with Crippen molar-refractivity contribution in [3.8, 4) is 0 Å². The van der Waals surface area contributed by atoms with Crippen molar-refractivity contribution in [1.29, 1.82) is 0 Å². The first-order valence-electron chi connectivity index (χ1n) is 5.72. The van der Waals surface area contributed by atoms with Gasteiger partial charge in [0.15, 0.2) is 0 Å². The first-order valence-corrected chi connectivity index (χ1v) is 7.58. The molecule has 0 unspecified atom stereocenters. The van der Waals surface area contributed by atoms with E-state index < -0.39 is 0 Å². The van der Waals surface area contributed by atoms with Gasteiger partial charge in [-0.2, -0.15) is 0 Å². The number of carbonyl (C=O) groups excluding carboxylic acids is 1. The van der Waals surface area contributed by atoms with Crippen LogP contribution in [-0.2, 0) is 11.2 Å². The van der Waals surface area contributed by atoms with Crippen LogP contribution in [0.4, 0.5) is 0 Å². The van der Waals surface area contributed by atoms with Crippen LogP contribution in [0.5, 0.6) is 0 Å². The molecule has 0 aromatic carbocycles. The van der Waals surface area contributed by atoms with E-state index in [-0.39, 0.29) is 11.9 Å². The summed E-state index contributed by atoms with van der Waals surface area (Å²) in [6, 6.07) is 7.88. The minimum atomic E-state index is 0.0625. The first kappa shape index (κ1) is 13.2. The third-order valence-corrected chi connectivity index (χ3v) is 4.47. The molecule has 0 fully saturated rings. The van der Waals surface area contributed by atoms with Crippen molar-refractivity contribution in [1.82, 2.24) is 5.32 Å². The van der Waals surface area contributed by atoms with Gasteiger partial charge in [-0.15, -0.1) is 23.1 Å². The van der Waals surface area contributed by atoms with Gasteiger partial charge >= 0.3 is 0 Å². The molecule has 0 saturated carbocycles. The molecule has 0 saturated heterocycles. The number of nitrogens with one attached hydrogen (secondary N) is 1. The molecule has 2 aromatic heterocycles. The van der Waals surface area contributed by atoms with Gasteiger partial charge in [0.05, 0.1) is 16.2 Å². The first-order chi connectivity index (χ1) is 8.74. The Kier molecular flexibility index (Phi) is 4.90. The molecule has 0 spiro atoms. The molecular formula is C13H15NO2S2. The van der Waals surface area contributed by atoms with Crippen LogP contribution in [-0.4, -0.2) is 17.7 Å². The molecule has 2 aromatic rings. The molecule has 96 valence electrons. The number of hydrogen-bond acceptors (Lipinski definition) is 4. The summed E-state index contributed by atoms with van der Waals surface area (Å²) in [5.41, 5.74) is 0. The Balaban J connectivity index is 1.70. The standard InChI is InChI=1S/C13H15NO2S2/c1-10(8-11-4-2-6-16-11)14-12(15)9-18-13-5-3-7-17-13/h2-7,10H,8-9H2,1H3,(H,14,15)/t10-/m1/s1. The predicted molar refractivity (Wildman–Crippen MR) is 75.1 cm³/mol. The van der Waals surface area contributed by atoms with E-state index in [1.54, 1.807) is 29.4 Å². The molecule has 2 rings (SSSR count). The maximum absolute atomic E-state index is 11.7. The van der Waals surface area contributed by atoms with Crippen molar-refractivity contribution in [2.45, 2.75) is 23.6 Å². The summed E-state index contributed by atoms with van der Waals surface area (Å²) in [5, 5.41) is 4.98. The van der Waals surface area contributed by atoms with Gasteiger partial charge in [0.2, 0.25) is 5.91 Å². The predicted octanol–water partition coefficient (Wildman–Crippen LogP) is 3.18. The van der Waals surface area contributed by atoms with Gasteiger partial charge in [0, 0.05) is 12.5 Å². The van der Waals surface area contributed by atoms with Crippen LogP contribution in [0.3, 0.4) is 0 Å². The number of rotatable bonds is 6. The number of amides is 1. The monoisotopic (exact) mass is 281 g/mol. The minimum absolute atomic E-state index is 0.0625. The lowest BCUT2D eigenvalue weighted by atomic mass is 10.2. The zero-order valence-electron chi connectivity index (χ0n) is 10.1. The lowest BCUT2D eigenvalue weighted by molar-refractivity contribution is -0.119. The average molecular weight is 281 g/mol. The van der Waals surface area contributed by atoms with Crippen LogP contribution >= 0.6 is 23.1 Å². The molecule has 3 nitrogen and oxygen atoms in total. The van der Waals surface area contributed by atoms with Gasteiger partial charge in [0.25, 0.3) is 0 Å². The van der Waals surface area contributed by atoms with Crippen molar-refractivity contribution < 1.29 is 9.21 Å². The largest absolute Gasteiger partial charge is 0.469 e. The van der Waals surface area contributed by atoms with E-state index in [2.05, 4.69) is 5.32 Å². The quantitative estimate of drug-likeness (QED) is 0.827. The van der Waals surface area contributed by atoms with Crippen molar-refractivity contribution in [2.24, 2.45) is 0 Å². The fraction of sp³-hybridized carbons (Fsp3) is 0.308. The van der Waals surface area contributed by atoms with E-state index >= 15 is 0 Å². The van der Waals surface area contributed by atoms with Crippen LogP contribution in [0.25, 0.3) is 0 Å². The van der Waals surface area contributed by atoms with Gasteiger partial charge < -0.3 is 9.73 Å². The van der Waals surface area contributed by atoms with E-state index in [1.165, 1.54) is 4.21 Å². The smallest absolute Gasteiger partial charge is 0.230 e. The highest BCUT2D eigenvalue weighted by Crippen LogP contribution is 2.22. The summed E-state index contributed by atoms with van der Waals surface area (Å²) in [5.74, 6) is 1.42. The molecule has 18 heavy (non-hydrogen) atoms. The van der Waals surface area contributed by atoms with Crippen LogP contribution < -0.4 is 5.32 Å². The van der Waals surface area contributed by atoms with Gasteiger partial charge in [-0.1, -0.05) is 6.07 Å². The van der Waals surface area contributed by atoms with Gasteiger partial charge in [0.1, 0.15) is 5.76 Å². The van der Waals surface area contributed by atoms with Crippen molar-refractivity contribution in [2.75, 3.05) is 5.75 Å². The van der Waals surface area contributed by atoms with Gasteiger partial charge in [-0.3, -0.25) is 4.79 Å². The number of furan rings is 1. The Labute approximate surface area is 115 Å². The number of thiophene rings is 1. The molecule has 1 atom stereocenters. The van der Waals surface area contributed by atoms with E-state index in [4.69, 9.17) is 4.42 Å². The van der Waals surface area contributed by atoms with Crippen LogP contribution in [0.15, 0.2) is 44.5 Å². The molecule has 0 aliphatic carbocycles. The molecule has 0 bridgehead atoms. The second-order valence-electron chi connectivity index (χ2n) is 3.97. The summed E-state index contributed by atoms with van der Waals surface area (Å²) in [4.78, 5) is 11.7. The van der Waals surface area contributed by atoms with Gasteiger partial charge in [-0.05, 0) is 30.5 Å². The topological polar surface area (TPSA) is 42.2 Å². The molecule has 1 N–H and O–H groups in total. The van der Waals surface area contributed by atoms with Crippen molar-refractivity contribution >= 4 is 29.0 Å². The fourth-order valence-corrected chi connectivity index (χ4v) is 3.18. The van der Waals surface area contributed by atoms with Crippen molar-refractivity contribution in [3.63, 3.8) is 0 Å². The second-order valence-corrected chi connectivity index (χ2v) is 6.20. The summed E-state index contributed by atoms with van der Waals surface area (Å²) >= 11 is 3.22. The summed E-state index contributed by atoms with van der Waals surface area (Å²) in [7, 11) is 0. The van der Waals surface area contributed by atoms with Crippen LogP contribution in [0.1, 0.15) is 12.7 Å². The number of hydrogen-bond donors (Lipinski definition) is 1. The second kappa shape index (κ2) is 6.66. The molecule has 1 amide bonds. The third-order valence-electron chi connectivity index (χ3n) is 2.34. The molecule has 0 aliphatic rings. The van der Waals surface area contributed by atoms with Crippen LogP contribution in [0, 0.1) is 0 Å². The normalized spacial score (nSPS) is 12.3. The lowest BCUT2D eigenvalue weighted by Crippen LogP contribution is -2.35.